The number of aliphatic hydroxyl groups excluding tert-OH is 1. The van der Waals surface area contributed by atoms with Crippen LogP contribution in [0, 0.1) is 0 Å². The molecule has 2 N–H and O–H groups in total. The molecular weight excluding hydrogens is 242 g/mol. The van der Waals surface area contributed by atoms with Gasteiger partial charge in [0.15, 0.2) is 0 Å². The largest absolute Gasteiger partial charge is 0.490 e. The third-order valence-corrected chi connectivity index (χ3v) is 2.69. The number of pyridine rings is 1. The number of halogens is 1. The molecule has 17 heavy (non-hydrogen) atoms. The fourth-order valence-corrected chi connectivity index (χ4v) is 1.60. The first kappa shape index (κ1) is 12.0. The van der Waals surface area contributed by atoms with E-state index in [0.717, 1.165) is 5.39 Å². The van der Waals surface area contributed by atoms with E-state index >= 15 is 0 Å². The molecule has 0 spiro atoms. The molecule has 0 fully saturated rings. The highest BCUT2D eigenvalue weighted by Gasteiger charge is 2.06. The predicted molar refractivity (Wildman–Crippen MR) is 66.8 cm³/mol. The van der Waals surface area contributed by atoms with Crippen LogP contribution < -0.4 is 10.3 Å². The molecule has 0 saturated carbocycles. The van der Waals surface area contributed by atoms with Gasteiger partial charge in [-0.1, -0.05) is 6.07 Å². The number of hydrogen-bond acceptors (Lipinski definition) is 3. The number of aromatic nitrogens is 1. The van der Waals surface area contributed by atoms with Gasteiger partial charge in [0.05, 0.1) is 11.4 Å². The van der Waals surface area contributed by atoms with E-state index in [4.69, 9.17) is 16.3 Å². The first-order valence-corrected chi connectivity index (χ1v) is 5.73. The summed E-state index contributed by atoms with van der Waals surface area (Å²) in [5.41, 5.74) is 0.547. The number of rotatable bonds is 4. The lowest BCUT2D eigenvalue weighted by molar-refractivity contribution is 0.126. The average molecular weight is 254 g/mol. The molecule has 0 amide bonds. The van der Waals surface area contributed by atoms with Crippen LogP contribution in [0.1, 0.15) is 0 Å². The third kappa shape index (κ3) is 2.78. The van der Waals surface area contributed by atoms with Gasteiger partial charge in [0.1, 0.15) is 18.5 Å². The Morgan fingerprint density at radius 2 is 2.18 bits per heavy atom. The second kappa shape index (κ2) is 5.21. The maximum Gasteiger partial charge on any atom is 0.248 e. The zero-order chi connectivity index (χ0) is 12.3. The number of H-pyrrole nitrogens is 1. The number of alkyl halides is 1. The van der Waals surface area contributed by atoms with Crippen molar-refractivity contribution in [3.05, 3.63) is 40.7 Å². The monoisotopic (exact) mass is 253 g/mol. The molecule has 1 unspecified atom stereocenters. The number of ether oxygens (including phenoxy) is 1. The van der Waals surface area contributed by atoms with Crippen molar-refractivity contribution in [3.63, 3.8) is 0 Å². The van der Waals surface area contributed by atoms with Gasteiger partial charge in [0.25, 0.3) is 0 Å². The van der Waals surface area contributed by atoms with Crippen LogP contribution in [0.4, 0.5) is 0 Å². The molecule has 1 aromatic carbocycles. The number of fused-ring (bicyclic) bond motifs is 1. The summed E-state index contributed by atoms with van der Waals surface area (Å²) in [6, 6.07) is 8.48. The molecule has 2 aromatic rings. The van der Waals surface area contributed by atoms with E-state index in [0.29, 0.717) is 11.3 Å². The van der Waals surface area contributed by atoms with Gasteiger partial charge >= 0.3 is 0 Å². The van der Waals surface area contributed by atoms with Crippen LogP contribution in [0.3, 0.4) is 0 Å². The van der Waals surface area contributed by atoms with Crippen LogP contribution >= 0.6 is 11.6 Å². The van der Waals surface area contributed by atoms with Gasteiger partial charge in [0, 0.05) is 11.5 Å². The lowest BCUT2D eigenvalue weighted by Crippen LogP contribution is -2.19. The average Bonchev–Trinajstić information content (AvgIpc) is 2.35. The molecule has 0 aliphatic rings. The fraction of sp³-hybridized carbons (Fsp3) is 0.250. The van der Waals surface area contributed by atoms with E-state index in [1.54, 1.807) is 24.3 Å². The van der Waals surface area contributed by atoms with Gasteiger partial charge in [-0.25, -0.2) is 0 Å². The van der Waals surface area contributed by atoms with Crippen molar-refractivity contribution in [1.82, 2.24) is 4.98 Å². The topological polar surface area (TPSA) is 62.3 Å². The molecule has 2 rings (SSSR count). The summed E-state index contributed by atoms with van der Waals surface area (Å²) >= 11 is 5.48. The maximum absolute atomic E-state index is 11.2. The van der Waals surface area contributed by atoms with Crippen LogP contribution in [0.5, 0.6) is 5.75 Å². The molecular formula is C12H12ClNO3. The van der Waals surface area contributed by atoms with Crippen molar-refractivity contribution in [2.75, 3.05) is 12.5 Å². The van der Waals surface area contributed by atoms with Crippen LogP contribution in [0.25, 0.3) is 10.9 Å². The first-order valence-electron chi connectivity index (χ1n) is 5.19. The molecule has 1 heterocycles. The minimum Gasteiger partial charge on any atom is -0.490 e. The number of benzene rings is 1. The van der Waals surface area contributed by atoms with Crippen LogP contribution in [0.15, 0.2) is 35.1 Å². The highest BCUT2D eigenvalue weighted by molar-refractivity contribution is 6.18. The Morgan fingerprint density at radius 1 is 1.35 bits per heavy atom. The molecule has 90 valence electrons. The van der Waals surface area contributed by atoms with Crippen LogP contribution in [0.2, 0.25) is 0 Å². The van der Waals surface area contributed by atoms with Crippen LogP contribution in [-0.4, -0.2) is 28.7 Å². The number of nitrogens with one attached hydrogen (secondary N) is 1. The molecule has 1 atom stereocenters. The summed E-state index contributed by atoms with van der Waals surface area (Å²) in [5, 5.41) is 10.1. The summed E-state index contributed by atoms with van der Waals surface area (Å²) in [4.78, 5) is 13.9. The predicted octanol–water partition coefficient (Wildman–Crippen LogP) is 1.51. The van der Waals surface area contributed by atoms with Crippen molar-refractivity contribution in [1.29, 1.82) is 0 Å². The van der Waals surface area contributed by atoms with Crippen molar-refractivity contribution < 1.29 is 9.84 Å². The summed E-state index contributed by atoms with van der Waals surface area (Å²) < 4.78 is 5.46. The Morgan fingerprint density at radius 3 is 2.94 bits per heavy atom. The van der Waals surface area contributed by atoms with Gasteiger partial charge in [-0.05, 0) is 18.2 Å². The van der Waals surface area contributed by atoms with Gasteiger partial charge < -0.3 is 14.8 Å². The quantitative estimate of drug-likeness (QED) is 0.812. The first-order chi connectivity index (χ1) is 8.20. The van der Waals surface area contributed by atoms with E-state index in [-0.39, 0.29) is 18.0 Å². The zero-order valence-electron chi connectivity index (χ0n) is 9.02. The number of aromatic amines is 1. The molecule has 5 heteroatoms. The molecule has 0 aliphatic carbocycles. The summed E-state index contributed by atoms with van der Waals surface area (Å²) in [7, 11) is 0. The molecule has 0 bridgehead atoms. The second-order valence-electron chi connectivity index (χ2n) is 3.66. The minimum atomic E-state index is -0.699. The SMILES string of the molecule is O=c1ccc2c(OCC(O)CCl)cccc2[nH]1. The summed E-state index contributed by atoms with van der Waals surface area (Å²) in [5.74, 6) is 0.740. The molecule has 0 aliphatic heterocycles. The normalized spacial score (nSPS) is 12.6. The minimum absolute atomic E-state index is 0.127. The Labute approximate surface area is 103 Å². The van der Waals surface area contributed by atoms with Gasteiger partial charge in [-0.15, -0.1) is 11.6 Å². The Bertz CT molecular complexity index is 567. The van der Waals surface area contributed by atoms with E-state index in [2.05, 4.69) is 4.98 Å². The Kier molecular flexibility index (Phi) is 3.66. The summed E-state index contributed by atoms with van der Waals surface area (Å²) in [6.45, 7) is 0.127. The Balaban J connectivity index is 2.31. The van der Waals surface area contributed by atoms with E-state index in [1.807, 2.05) is 0 Å². The highest BCUT2D eigenvalue weighted by atomic mass is 35.5. The van der Waals surface area contributed by atoms with Crippen molar-refractivity contribution in [2.45, 2.75) is 6.10 Å². The highest BCUT2D eigenvalue weighted by Crippen LogP contribution is 2.22. The molecule has 4 nitrogen and oxygen atoms in total. The molecule has 1 aromatic heterocycles. The maximum atomic E-state index is 11.2. The van der Waals surface area contributed by atoms with Gasteiger partial charge in [-0.2, -0.15) is 0 Å². The third-order valence-electron chi connectivity index (χ3n) is 2.33. The van der Waals surface area contributed by atoms with Crippen molar-refractivity contribution >= 4 is 22.5 Å². The zero-order valence-corrected chi connectivity index (χ0v) is 9.78. The smallest absolute Gasteiger partial charge is 0.248 e. The van der Waals surface area contributed by atoms with Crippen molar-refractivity contribution in [3.8, 4) is 5.75 Å². The van der Waals surface area contributed by atoms with E-state index < -0.39 is 6.10 Å². The molecule has 0 radical (unpaired) electrons. The number of aliphatic hydroxyl groups is 1. The fourth-order valence-electron chi connectivity index (χ4n) is 1.51. The van der Waals surface area contributed by atoms with Gasteiger partial charge in [-0.3, -0.25) is 4.79 Å². The van der Waals surface area contributed by atoms with Crippen LogP contribution in [-0.2, 0) is 0 Å². The van der Waals surface area contributed by atoms with Crippen molar-refractivity contribution in [2.24, 2.45) is 0 Å². The second-order valence-corrected chi connectivity index (χ2v) is 3.97. The standard InChI is InChI=1S/C12H12ClNO3/c13-6-8(15)7-17-11-3-1-2-10-9(11)4-5-12(16)14-10/h1-5,8,15H,6-7H2,(H,14,16). The van der Waals surface area contributed by atoms with E-state index in [9.17, 15) is 9.90 Å². The summed E-state index contributed by atoms with van der Waals surface area (Å²) in [6.07, 6.45) is -0.699. The van der Waals surface area contributed by atoms with Gasteiger partial charge in [0.2, 0.25) is 5.56 Å². The lowest BCUT2D eigenvalue weighted by atomic mass is 10.2. The van der Waals surface area contributed by atoms with E-state index in [1.165, 1.54) is 6.07 Å². The Hall–Kier alpha value is -1.52. The molecule has 0 saturated heterocycles. The lowest BCUT2D eigenvalue weighted by Gasteiger charge is -2.11. The number of hydrogen-bond donors (Lipinski definition) is 2.